The first kappa shape index (κ1) is 27.4. The Balaban J connectivity index is 1.39. The minimum atomic E-state index is -0.999. The minimum absolute atomic E-state index is 0.0687. The van der Waals surface area contributed by atoms with E-state index in [0.717, 1.165) is 50.5 Å². The van der Waals surface area contributed by atoms with Gasteiger partial charge < -0.3 is 30.0 Å². The molecule has 0 aromatic rings. The van der Waals surface area contributed by atoms with E-state index in [-0.39, 0.29) is 54.5 Å². The lowest BCUT2D eigenvalue weighted by Gasteiger charge is -2.63. The Bertz CT molecular complexity index is 1010. The van der Waals surface area contributed by atoms with Crippen molar-refractivity contribution in [2.24, 2.45) is 40.2 Å². The van der Waals surface area contributed by atoms with Crippen LogP contribution in [0.1, 0.15) is 72.1 Å². The lowest BCUT2D eigenvalue weighted by Crippen LogP contribution is -2.62. The molecule has 1 aliphatic heterocycles. The number of aliphatic hydroxyl groups is 1. The highest BCUT2D eigenvalue weighted by Crippen LogP contribution is 2.70. The Morgan fingerprint density at radius 1 is 1.18 bits per heavy atom. The second kappa shape index (κ2) is 9.81. The number of amides is 1. The molecule has 0 unspecified atom stereocenters. The molecule has 5 rings (SSSR count). The summed E-state index contributed by atoms with van der Waals surface area (Å²) in [6.07, 6.45) is 7.67. The van der Waals surface area contributed by atoms with Crippen LogP contribution in [0.15, 0.2) is 11.6 Å². The Hall–Kier alpha value is -2.13. The molecule has 0 spiro atoms. The van der Waals surface area contributed by atoms with Gasteiger partial charge >= 0.3 is 18.0 Å². The fraction of sp³-hybridized carbons (Fsp3) is 0.828. The topological polar surface area (TPSA) is 128 Å². The molecule has 38 heavy (non-hydrogen) atoms. The van der Waals surface area contributed by atoms with Crippen LogP contribution in [0.25, 0.3) is 0 Å². The number of hydrogen-bond acceptors (Lipinski definition) is 8. The zero-order valence-electron chi connectivity index (χ0n) is 23.2. The van der Waals surface area contributed by atoms with Crippen LogP contribution in [0.5, 0.6) is 0 Å². The molecule has 9 atom stereocenters. The number of esters is 2. The van der Waals surface area contributed by atoms with Crippen LogP contribution in [-0.4, -0.2) is 72.6 Å². The van der Waals surface area contributed by atoms with Gasteiger partial charge in [0, 0.05) is 50.4 Å². The number of fused-ring (bicyclic) bond motifs is 5. The van der Waals surface area contributed by atoms with Crippen molar-refractivity contribution >= 4 is 18.0 Å². The average Bonchev–Trinajstić information content (AvgIpc) is 3.38. The number of cyclic esters (lactones) is 1. The maximum atomic E-state index is 12.6. The Morgan fingerprint density at radius 3 is 2.61 bits per heavy atom. The van der Waals surface area contributed by atoms with Crippen molar-refractivity contribution in [2.75, 3.05) is 26.8 Å². The smallest absolute Gasteiger partial charge is 0.409 e. The second-order valence-electron chi connectivity index (χ2n) is 13.0. The lowest BCUT2D eigenvalue weighted by atomic mass is 9.43. The zero-order valence-corrected chi connectivity index (χ0v) is 23.2. The van der Waals surface area contributed by atoms with Gasteiger partial charge in [-0.05, 0) is 73.7 Å². The van der Waals surface area contributed by atoms with Gasteiger partial charge in [-0.3, -0.25) is 4.79 Å². The third-order valence-corrected chi connectivity index (χ3v) is 11.4. The highest BCUT2D eigenvalue weighted by molar-refractivity contribution is 5.85. The van der Waals surface area contributed by atoms with Gasteiger partial charge in [0.2, 0.25) is 0 Å². The first-order valence-electron chi connectivity index (χ1n) is 14.3. The van der Waals surface area contributed by atoms with Crippen LogP contribution >= 0.6 is 0 Å². The van der Waals surface area contributed by atoms with Crippen LogP contribution in [0, 0.1) is 34.5 Å². The van der Waals surface area contributed by atoms with E-state index < -0.39 is 17.1 Å². The van der Waals surface area contributed by atoms with Gasteiger partial charge in [-0.2, -0.15) is 0 Å². The summed E-state index contributed by atoms with van der Waals surface area (Å²) in [5, 5.41) is 12.6. The van der Waals surface area contributed by atoms with E-state index >= 15 is 0 Å². The first-order valence-corrected chi connectivity index (χ1v) is 14.3. The number of ether oxygens (including phenoxy) is 3. The van der Waals surface area contributed by atoms with Crippen molar-refractivity contribution in [1.29, 1.82) is 0 Å². The van der Waals surface area contributed by atoms with Crippen LogP contribution in [0.3, 0.4) is 0 Å². The summed E-state index contributed by atoms with van der Waals surface area (Å²) < 4.78 is 16.4. The van der Waals surface area contributed by atoms with Crippen LogP contribution in [0.2, 0.25) is 0 Å². The van der Waals surface area contributed by atoms with E-state index in [1.807, 2.05) is 7.05 Å². The monoisotopic (exact) mass is 532 g/mol. The fourth-order valence-electron chi connectivity index (χ4n) is 9.50. The second-order valence-corrected chi connectivity index (χ2v) is 13.0. The third kappa shape index (κ3) is 4.15. The summed E-state index contributed by atoms with van der Waals surface area (Å²) in [6, 6.07) is 0.142. The number of carbonyl (C=O) groups excluding carboxylic acids is 3. The van der Waals surface area contributed by atoms with Crippen molar-refractivity contribution < 1.29 is 33.7 Å². The van der Waals surface area contributed by atoms with Crippen LogP contribution < -0.4 is 5.73 Å². The fourth-order valence-corrected chi connectivity index (χ4v) is 9.50. The first-order chi connectivity index (χ1) is 17.9. The Morgan fingerprint density at radius 2 is 1.95 bits per heavy atom. The SMILES string of the molecule is CC(=O)O[C@H]1C[C@]2(O)[C@@H]3CC[C@@H]4C[C@@H](N(C)C(=O)OCCN)CC[C@]4(C)[C@H]3CC[C@]2(C)[C@H]1C1=CC(=O)OC1. The number of nitrogens with two attached hydrogens (primary N) is 1. The summed E-state index contributed by atoms with van der Waals surface area (Å²) >= 11 is 0. The molecule has 4 aliphatic carbocycles. The summed E-state index contributed by atoms with van der Waals surface area (Å²) in [7, 11) is 1.83. The molecule has 0 bridgehead atoms. The van der Waals surface area contributed by atoms with Gasteiger partial charge in [0.25, 0.3) is 0 Å². The standard InChI is InChI=1S/C29H44N2O7/c1-17(32)38-23-15-29(35)22-6-5-19-14-20(31(4)26(34)36-12-11-30)7-9-27(19,2)21(22)8-10-28(29,3)25(23)18-13-24(33)37-16-18/h13,19-23,25,35H,5-12,14-16,30H2,1-4H3/t19-,20+,21+,22-,23+,25+,27+,28-,29+/m1/s1. The summed E-state index contributed by atoms with van der Waals surface area (Å²) in [5.41, 5.74) is 4.89. The molecular formula is C29H44N2O7. The highest BCUT2D eigenvalue weighted by atomic mass is 16.6. The summed E-state index contributed by atoms with van der Waals surface area (Å²) in [5.74, 6) is -0.0642. The van der Waals surface area contributed by atoms with Crippen molar-refractivity contribution in [3.8, 4) is 0 Å². The predicted octanol–water partition coefficient (Wildman–Crippen LogP) is 3.18. The maximum Gasteiger partial charge on any atom is 0.409 e. The molecule has 4 fully saturated rings. The Kier molecular flexibility index (Phi) is 7.08. The van der Waals surface area contributed by atoms with Crippen molar-refractivity contribution in [1.82, 2.24) is 4.90 Å². The van der Waals surface area contributed by atoms with Gasteiger partial charge in [-0.15, -0.1) is 0 Å². The largest absolute Gasteiger partial charge is 0.462 e. The van der Waals surface area contributed by atoms with Crippen LogP contribution in [0.4, 0.5) is 4.79 Å². The number of hydrogen-bond donors (Lipinski definition) is 2. The van der Waals surface area contributed by atoms with Gasteiger partial charge in [0.1, 0.15) is 19.3 Å². The van der Waals surface area contributed by atoms with Gasteiger partial charge in [-0.1, -0.05) is 13.8 Å². The van der Waals surface area contributed by atoms with Crippen molar-refractivity contribution in [3.63, 3.8) is 0 Å². The van der Waals surface area contributed by atoms with Crippen LogP contribution in [-0.2, 0) is 23.8 Å². The van der Waals surface area contributed by atoms with E-state index in [1.165, 1.54) is 6.92 Å². The molecule has 0 aromatic heterocycles. The molecule has 1 heterocycles. The van der Waals surface area contributed by atoms with E-state index in [0.29, 0.717) is 24.8 Å². The molecule has 9 heteroatoms. The maximum absolute atomic E-state index is 12.6. The molecule has 5 aliphatic rings. The zero-order chi connectivity index (χ0) is 27.5. The molecule has 212 valence electrons. The minimum Gasteiger partial charge on any atom is -0.462 e. The van der Waals surface area contributed by atoms with E-state index in [9.17, 15) is 19.5 Å². The summed E-state index contributed by atoms with van der Waals surface area (Å²) in [6.45, 7) is 6.68. The van der Waals surface area contributed by atoms with E-state index in [1.54, 1.807) is 11.0 Å². The van der Waals surface area contributed by atoms with E-state index in [2.05, 4.69) is 13.8 Å². The molecule has 0 aromatic carbocycles. The number of nitrogens with zero attached hydrogens (tertiary/aromatic N) is 1. The quantitative estimate of drug-likeness (QED) is 0.408. The summed E-state index contributed by atoms with van der Waals surface area (Å²) in [4.78, 5) is 38.3. The molecule has 1 amide bonds. The third-order valence-electron chi connectivity index (χ3n) is 11.4. The average molecular weight is 533 g/mol. The molecule has 9 nitrogen and oxygen atoms in total. The van der Waals surface area contributed by atoms with Crippen molar-refractivity contribution in [3.05, 3.63) is 11.6 Å². The molecule has 0 radical (unpaired) electrons. The lowest BCUT2D eigenvalue weighted by molar-refractivity contribution is -0.206. The number of carbonyl (C=O) groups is 3. The van der Waals surface area contributed by atoms with Crippen molar-refractivity contribution in [2.45, 2.75) is 89.9 Å². The molecule has 4 saturated carbocycles. The predicted molar refractivity (Wildman–Crippen MR) is 139 cm³/mol. The Labute approximate surface area is 225 Å². The van der Waals surface area contributed by atoms with E-state index in [4.69, 9.17) is 19.9 Å². The van der Waals surface area contributed by atoms with Gasteiger partial charge in [0.05, 0.1) is 5.60 Å². The molecular weight excluding hydrogens is 488 g/mol. The van der Waals surface area contributed by atoms with Gasteiger partial charge in [-0.25, -0.2) is 9.59 Å². The molecule has 3 N–H and O–H groups in total. The molecule has 0 saturated heterocycles. The van der Waals surface area contributed by atoms with Gasteiger partial charge in [0.15, 0.2) is 0 Å². The normalized spacial score (nSPS) is 43.7. The number of rotatable bonds is 5. The highest BCUT2D eigenvalue weighted by Gasteiger charge is 2.71.